The van der Waals surface area contributed by atoms with Crippen LogP contribution in [0.3, 0.4) is 0 Å². The summed E-state index contributed by atoms with van der Waals surface area (Å²) in [7, 11) is 0. The first-order chi connectivity index (χ1) is 6.95. The molecular formula is C10H12N4. The molecule has 2 aromatic heterocycles. The van der Waals surface area contributed by atoms with Gasteiger partial charge in [0.2, 0.25) is 5.78 Å². The van der Waals surface area contributed by atoms with Gasteiger partial charge in [-0.25, -0.2) is 9.97 Å². The van der Waals surface area contributed by atoms with Crippen LogP contribution in [0, 0.1) is 0 Å². The predicted octanol–water partition coefficient (Wildman–Crippen LogP) is 1.15. The van der Waals surface area contributed by atoms with E-state index < -0.39 is 0 Å². The van der Waals surface area contributed by atoms with Crippen LogP contribution in [0.4, 0.5) is 0 Å². The van der Waals surface area contributed by atoms with Crippen LogP contribution in [0.1, 0.15) is 24.6 Å². The second-order valence-electron chi connectivity index (χ2n) is 3.62. The highest BCUT2D eigenvalue weighted by atomic mass is 15.1. The van der Waals surface area contributed by atoms with Gasteiger partial charge in [-0.05, 0) is 25.5 Å². The fraction of sp³-hybridized carbons (Fsp3) is 0.400. The third kappa shape index (κ3) is 1.11. The molecule has 2 aromatic rings. The Bertz CT molecular complexity index is 442. The second-order valence-corrected chi connectivity index (χ2v) is 3.62. The summed E-state index contributed by atoms with van der Waals surface area (Å²) in [5.74, 6) is 0.788. The fourth-order valence-electron chi connectivity index (χ4n) is 2.07. The summed E-state index contributed by atoms with van der Waals surface area (Å²) in [6.07, 6.45) is 8.05. The lowest BCUT2D eigenvalue weighted by Crippen LogP contribution is -2.16. The van der Waals surface area contributed by atoms with E-state index in [1.807, 2.05) is 12.4 Å². The van der Waals surface area contributed by atoms with Gasteiger partial charge < -0.3 is 5.32 Å². The Morgan fingerprint density at radius 3 is 3.14 bits per heavy atom. The minimum atomic E-state index is 0.467. The summed E-state index contributed by atoms with van der Waals surface area (Å²) < 4.78 is 2.06. The Morgan fingerprint density at radius 2 is 2.29 bits per heavy atom. The molecule has 3 heterocycles. The molecule has 1 aliphatic heterocycles. The number of hydrogen-bond acceptors (Lipinski definition) is 3. The molecular weight excluding hydrogens is 176 g/mol. The zero-order valence-electron chi connectivity index (χ0n) is 7.85. The van der Waals surface area contributed by atoms with Crippen molar-refractivity contribution in [3.8, 4) is 0 Å². The van der Waals surface area contributed by atoms with Gasteiger partial charge in [-0.1, -0.05) is 0 Å². The average Bonchev–Trinajstić information content (AvgIpc) is 2.88. The van der Waals surface area contributed by atoms with Crippen molar-refractivity contribution in [3.63, 3.8) is 0 Å². The van der Waals surface area contributed by atoms with Crippen molar-refractivity contribution in [1.82, 2.24) is 19.7 Å². The molecule has 0 amide bonds. The summed E-state index contributed by atoms with van der Waals surface area (Å²) in [5, 5.41) is 3.48. The Balaban J connectivity index is 2.14. The van der Waals surface area contributed by atoms with Crippen molar-refractivity contribution < 1.29 is 0 Å². The van der Waals surface area contributed by atoms with Gasteiger partial charge in [0.25, 0.3) is 0 Å². The molecule has 1 atom stereocenters. The van der Waals surface area contributed by atoms with Crippen LogP contribution in [-0.2, 0) is 0 Å². The smallest absolute Gasteiger partial charge is 0.233 e. The lowest BCUT2D eigenvalue weighted by Gasteiger charge is -2.11. The normalized spacial score (nSPS) is 21.9. The van der Waals surface area contributed by atoms with Crippen molar-refractivity contribution in [3.05, 3.63) is 30.4 Å². The molecule has 1 saturated heterocycles. The van der Waals surface area contributed by atoms with Gasteiger partial charge in [-0.15, -0.1) is 0 Å². The highest BCUT2D eigenvalue weighted by molar-refractivity contribution is 5.31. The van der Waals surface area contributed by atoms with Gasteiger partial charge in [0.15, 0.2) is 0 Å². The van der Waals surface area contributed by atoms with Crippen LogP contribution in [0.25, 0.3) is 5.78 Å². The van der Waals surface area contributed by atoms with Crippen LogP contribution in [-0.4, -0.2) is 20.9 Å². The van der Waals surface area contributed by atoms with Crippen molar-refractivity contribution in [2.75, 3.05) is 6.54 Å². The molecule has 0 aromatic carbocycles. The van der Waals surface area contributed by atoms with E-state index in [-0.39, 0.29) is 0 Å². The van der Waals surface area contributed by atoms with Gasteiger partial charge >= 0.3 is 0 Å². The molecule has 4 heteroatoms. The molecule has 72 valence electrons. The van der Waals surface area contributed by atoms with Crippen molar-refractivity contribution in [2.24, 2.45) is 0 Å². The lowest BCUT2D eigenvalue weighted by molar-refractivity contribution is 0.617. The topological polar surface area (TPSA) is 42.2 Å². The second kappa shape index (κ2) is 3.06. The first-order valence-electron chi connectivity index (χ1n) is 4.96. The molecule has 1 aliphatic rings. The quantitative estimate of drug-likeness (QED) is 0.730. The molecule has 0 spiro atoms. The molecule has 1 fully saturated rings. The molecule has 0 saturated carbocycles. The van der Waals surface area contributed by atoms with E-state index in [0.29, 0.717) is 6.04 Å². The maximum Gasteiger partial charge on any atom is 0.233 e. The molecule has 0 unspecified atom stereocenters. The number of nitrogens with zero attached hydrogens (tertiary/aromatic N) is 3. The summed E-state index contributed by atoms with van der Waals surface area (Å²) in [6.45, 7) is 1.11. The maximum atomic E-state index is 4.20. The van der Waals surface area contributed by atoms with Gasteiger partial charge in [0.1, 0.15) is 0 Å². The standard InChI is InChI=1S/C10H12N4/c1-2-8(11-4-1)9-3-5-12-10-13-6-7-14(9)10/h3,5-8,11H,1-2,4H2/t8-/m1/s1. The maximum absolute atomic E-state index is 4.20. The van der Waals surface area contributed by atoms with Crippen LogP contribution in [0.2, 0.25) is 0 Å². The number of aromatic nitrogens is 3. The molecule has 1 N–H and O–H groups in total. The third-order valence-electron chi connectivity index (χ3n) is 2.75. The highest BCUT2D eigenvalue weighted by Crippen LogP contribution is 2.22. The van der Waals surface area contributed by atoms with E-state index in [1.165, 1.54) is 18.5 Å². The first-order valence-corrected chi connectivity index (χ1v) is 4.96. The summed E-state index contributed by atoms with van der Waals surface area (Å²) in [4.78, 5) is 8.37. The SMILES string of the molecule is c1cc([C@H]2CCCN2)n2ccnc2n1. The van der Waals surface area contributed by atoms with Gasteiger partial charge in [0.05, 0.1) is 0 Å². The van der Waals surface area contributed by atoms with E-state index in [2.05, 4.69) is 25.8 Å². The van der Waals surface area contributed by atoms with E-state index >= 15 is 0 Å². The van der Waals surface area contributed by atoms with Crippen LogP contribution >= 0.6 is 0 Å². The van der Waals surface area contributed by atoms with Crippen LogP contribution in [0.5, 0.6) is 0 Å². The van der Waals surface area contributed by atoms with Crippen molar-refractivity contribution in [1.29, 1.82) is 0 Å². The Labute approximate surface area is 82.0 Å². The predicted molar refractivity (Wildman–Crippen MR) is 53.0 cm³/mol. The van der Waals surface area contributed by atoms with Crippen LogP contribution in [0.15, 0.2) is 24.7 Å². The summed E-state index contributed by atoms with van der Waals surface area (Å²) in [6, 6.07) is 2.53. The Hall–Kier alpha value is -1.42. The number of imidazole rings is 1. The summed E-state index contributed by atoms with van der Waals surface area (Å²) >= 11 is 0. The Kier molecular flexibility index (Phi) is 1.73. The van der Waals surface area contributed by atoms with Crippen LogP contribution < -0.4 is 5.32 Å². The molecule has 0 bridgehead atoms. The van der Waals surface area contributed by atoms with E-state index in [9.17, 15) is 0 Å². The minimum Gasteiger partial charge on any atom is -0.309 e. The van der Waals surface area contributed by atoms with Gasteiger partial charge in [-0.3, -0.25) is 4.40 Å². The van der Waals surface area contributed by atoms with E-state index in [1.54, 1.807) is 6.20 Å². The third-order valence-corrected chi connectivity index (χ3v) is 2.75. The molecule has 0 radical (unpaired) electrons. The number of rotatable bonds is 1. The van der Waals surface area contributed by atoms with E-state index in [0.717, 1.165) is 12.3 Å². The monoisotopic (exact) mass is 188 g/mol. The Morgan fingerprint density at radius 1 is 1.36 bits per heavy atom. The van der Waals surface area contributed by atoms with Crippen molar-refractivity contribution >= 4 is 5.78 Å². The van der Waals surface area contributed by atoms with Crippen molar-refractivity contribution in [2.45, 2.75) is 18.9 Å². The largest absolute Gasteiger partial charge is 0.309 e. The number of nitrogens with one attached hydrogen (secondary N) is 1. The molecule has 14 heavy (non-hydrogen) atoms. The van der Waals surface area contributed by atoms with Gasteiger partial charge in [-0.2, -0.15) is 0 Å². The molecule has 4 nitrogen and oxygen atoms in total. The summed E-state index contributed by atoms with van der Waals surface area (Å²) in [5.41, 5.74) is 1.27. The van der Waals surface area contributed by atoms with E-state index in [4.69, 9.17) is 0 Å². The average molecular weight is 188 g/mol. The zero-order valence-corrected chi connectivity index (χ0v) is 7.85. The van der Waals surface area contributed by atoms with Gasteiger partial charge in [0, 0.05) is 30.3 Å². The first kappa shape index (κ1) is 7.94. The molecule has 3 rings (SSSR count). The molecule has 0 aliphatic carbocycles. The number of fused-ring (bicyclic) bond motifs is 1. The lowest BCUT2D eigenvalue weighted by atomic mass is 10.1. The highest BCUT2D eigenvalue weighted by Gasteiger charge is 2.18. The fourth-order valence-corrected chi connectivity index (χ4v) is 2.07. The zero-order chi connectivity index (χ0) is 9.38. The minimum absolute atomic E-state index is 0.467. The number of hydrogen-bond donors (Lipinski definition) is 1.